The summed E-state index contributed by atoms with van der Waals surface area (Å²) >= 11 is 0. The SMILES string of the molecule is CC(C)c1cc(C(=O)O)c2c(c1)c(C=O)cn2C(C)C. The van der Waals surface area contributed by atoms with Crippen molar-refractivity contribution in [1.82, 2.24) is 4.57 Å². The van der Waals surface area contributed by atoms with Crippen molar-refractivity contribution in [2.24, 2.45) is 0 Å². The van der Waals surface area contributed by atoms with Gasteiger partial charge in [-0.3, -0.25) is 4.79 Å². The number of aromatic carboxylic acids is 1. The maximum absolute atomic E-state index is 11.6. The molecule has 106 valence electrons. The van der Waals surface area contributed by atoms with Crippen LogP contribution in [-0.2, 0) is 0 Å². The molecule has 20 heavy (non-hydrogen) atoms. The van der Waals surface area contributed by atoms with E-state index in [1.165, 1.54) is 0 Å². The van der Waals surface area contributed by atoms with E-state index in [1.807, 2.05) is 38.3 Å². The van der Waals surface area contributed by atoms with Gasteiger partial charge in [-0.1, -0.05) is 13.8 Å². The molecule has 2 aromatic rings. The van der Waals surface area contributed by atoms with E-state index in [4.69, 9.17) is 0 Å². The lowest BCUT2D eigenvalue weighted by Gasteiger charge is -2.13. The Morgan fingerprint density at radius 2 is 1.90 bits per heavy atom. The second-order valence-electron chi connectivity index (χ2n) is 5.63. The molecular weight excluding hydrogens is 254 g/mol. The van der Waals surface area contributed by atoms with Gasteiger partial charge in [0.05, 0.1) is 11.1 Å². The molecule has 2 rings (SSSR count). The lowest BCUT2D eigenvalue weighted by molar-refractivity contribution is 0.0698. The molecule has 0 aliphatic rings. The van der Waals surface area contributed by atoms with E-state index in [9.17, 15) is 14.7 Å². The fourth-order valence-corrected chi connectivity index (χ4v) is 2.44. The first kappa shape index (κ1) is 14.3. The number of aldehydes is 1. The third kappa shape index (κ3) is 2.22. The zero-order chi connectivity index (χ0) is 15.0. The second kappa shape index (κ2) is 5.12. The van der Waals surface area contributed by atoms with Crippen LogP contribution in [0.2, 0.25) is 0 Å². The molecule has 0 atom stereocenters. The molecule has 0 unspecified atom stereocenters. The first-order chi connectivity index (χ1) is 9.36. The van der Waals surface area contributed by atoms with Crippen LogP contribution in [-0.4, -0.2) is 21.9 Å². The highest BCUT2D eigenvalue weighted by Gasteiger charge is 2.19. The second-order valence-corrected chi connectivity index (χ2v) is 5.63. The van der Waals surface area contributed by atoms with E-state index in [0.717, 1.165) is 17.2 Å². The fourth-order valence-electron chi connectivity index (χ4n) is 2.44. The molecule has 0 aliphatic heterocycles. The summed E-state index contributed by atoms with van der Waals surface area (Å²) < 4.78 is 1.85. The molecule has 0 radical (unpaired) electrons. The number of rotatable bonds is 4. The van der Waals surface area contributed by atoms with Crippen molar-refractivity contribution in [1.29, 1.82) is 0 Å². The third-order valence-electron chi connectivity index (χ3n) is 3.56. The Hall–Kier alpha value is -2.10. The summed E-state index contributed by atoms with van der Waals surface area (Å²) in [6.07, 6.45) is 2.52. The van der Waals surface area contributed by atoms with Crippen molar-refractivity contribution in [3.05, 3.63) is 35.0 Å². The summed E-state index contributed by atoms with van der Waals surface area (Å²) in [4.78, 5) is 22.8. The first-order valence-electron chi connectivity index (χ1n) is 6.73. The topological polar surface area (TPSA) is 59.3 Å². The van der Waals surface area contributed by atoms with Crippen molar-refractivity contribution in [2.45, 2.75) is 39.7 Å². The highest BCUT2D eigenvalue weighted by molar-refractivity contribution is 6.08. The molecule has 4 nitrogen and oxygen atoms in total. The lowest BCUT2D eigenvalue weighted by Crippen LogP contribution is -2.06. The summed E-state index contributed by atoms with van der Waals surface area (Å²) in [7, 11) is 0. The van der Waals surface area contributed by atoms with E-state index >= 15 is 0 Å². The maximum Gasteiger partial charge on any atom is 0.337 e. The highest BCUT2D eigenvalue weighted by Crippen LogP contribution is 2.31. The van der Waals surface area contributed by atoms with Gasteiger partial charge in [0.2, 0.25) is 0 Å². The Bertz CT molecular complexity index is 681. The molecule has 1 N–H and O–H groups in total. The average molecular weight is 273 g/mol. The largest absolute Gasteiger partial charge is 0.478 e. The van der Waals surface area contributed by atoms with Crippen LogP contribution < -0.4 is 0 Å². The molecule has 0 saturated heterocycles. The van der Waals surface area contributed by atoms with Gasteiger partial charge in [-0.25, -0.2) is 4.79 Å². The molecule has 1 heterocycles. The number of hydrogen-bond acceptors (Lipinski definition) is 2. The van der Waals surface area contributed by atoms with Crippen molar-refractivity contribution in [2.75, 3.05) is 0 Å². The van der Waals surface area contributed by atoms with Gasteiger partial charge < -0.3 is 9.67 Å². The maximum atomic E-state index is 11.6. The van der Waals surface area contributed by atoms with E-state index in [0.29, 0.717) is 11.1 Å². The van der Waals surface area contributed by atoms with Crippen LogP contribution in [0, 0.1) is 0 Å². The van der Waals surface area contributed by atoms with Gasteiger partial charge in [-0.15, -0.1) is 0 Å². The Morgan fingerprint density at radius 3 is 2.35 bits per heavy atom. The average Bonchev–Trinajstić information content (AvgIpc) is 2.75. The fraction of sp³-hybridized carbons (Fsp3) is 0.375. The quantitative estimate of drug-likeness (QED) is 0.860. The zero-order valence-corrected chi connectivity index (χ0v) is 12.2. The Balaban J connectivity index is 2.94. The minimum absolute atomic E-state index is 0.0919. The summed E-state index contributed by atoms with van der Waals surface area (Å²) in [6.45, 7) is 7.95. The molecule has 4 heteroatoms. The van der Waals surface area contributed by atoms with Crippen molar-refractivity contribution in [3.63, 3.8) is 0 Å². The van der Waals surface area contributed by atoms with Crippen LogP contribution in [0.15, 0.2) is 18.3 Å². The number of hydrogen-bond donors (Lipinski definition) is 1. The van der Waals surface area contributed by atoms with Crippen LogP contribution in [0.1, 0.15) is 65.9 Å². The molecule has 0 amide bonds. The lowest BCUT2D eigenvalue weighted by atomic mass is 9.97. The van der Waals surface area contributed by atoms with Crippen LogP contribution in [0.5, 0.6) is 0 Å². The van der Waals surface area contributed by atoms with Gasteiger partial charge in [0, 0.05) is 23.2 Å². The predicted molar refractivity (Wildman–Crippen MR) is 78.8 cm³/mol. The number of nitrogens with zero attached hydrogens (tertiary/aromatic N) is 1. The molecule has 0 spiro atoms. The van der Waals surface area contributed by atoms with E-state index in [2.05, 4.69) is 0 Å². The highest BCUT2D eigenvalue weighted by atomic mass is 16.4. The Kier molecular flexibility index (Phi) is 3.66. The number of carboxylic acids is 1. The number of carbonyl (C=O) groups excluding carboxylic acids is 1. The zero-order valence-electron chi connectivity index (χ0n) is 12.2. The minimum Gasteiger partial charge on any atom is -0.478 e. The molecule has 0 bridgehead atoms. The molecular formula is C16H19NO3. The van der Waals surface area contributed by atoms with E-state index in [-0.39, 0.29) is 17.5 Å². The van der Waals surface area contributed by atoms with Gasteiger partial charge in [-0.2, -0.15) is 0 Å². The molecule has 1 aromatic heterocycles. The molecule has 0 aliphatic carbocycles. The van der Waals surface area contributed by atoms with Crippen LogP contribution >= 0.6 is 0 Å². The summed E-state index contributed by atoms with van der Waals surface area (Å²) in [5.74, 6) is -0.755. The van der Waals surface area contributed by atoms with Crippen LogP contribution in [0.3, 0.4) is 0 Å². The molecule has 0 fully saturated rings. The number of fused-ring (bicyclic) bond motifs is 1. The number of benzene rings is 1. The normalized spacial score (nSPS) is 11.5. The van der Waals surface area contributed by atoms with Gasteiger partial charge in [-0.05, 0) is 37.5 Å². The van der Waals surface area contributed by atoms with Gasteiger partial charge >= 0.3 is 5.97 Å². The van der Waals surface area contributed by atoms with Gasteiger partial charge in [0.1, 0.15) is 0 Å². The van der Waals surface area contributed by atoms with Crippen LogP contribution in [0.4, 0.5) is 0 Å². The number of carboxylic acid groups (broad SMARTS) is 1. The Labute approximate surface area is 118 Å². The summed E-state index contributed by atoms with van der Waals surface area (Å²) in [5, 5.41) is 10.2. The van der Waals surface area contributed by atoms with Gasteiger partial charge in [0.25, 0.3) is 0 Å². The van der Waals surface area contributed by atoms with Gasteiger partial charge in [0.15, 0.2) is 6.29 Å². The third-order valence-corrected chi connectivity index (χ3v) is 3.56. The van der Waals surface area contributed by atoms with E-state index < -0.39 is 5.97 Å². The standard InChI is InChI=1S/C16H19NO3/c1-9(2)11-5-13-12(8-18)7-17(10(3)4)15(13)14(6-11)16(19)20/h5-10H,1-4H3,(H,19,20). The van der Waals surface area contributed by atoms with Crippen molar-refractivity contribution in [3.8, 4) is 0 Å². The van der Waals surface area contributed by atoms with Crippen molar-refractivity contribution < 1.29 is 14.7 Å². The van der Waals surface area contributed by atoms with E-state index in [1.54, 1.807) is 12.3 Å². The summed E-state index contributed by atoms with van der Waals surface area (Å²) in [5.41, 5.74) is 2.35. The first-order valence-corrected chi connectivity index (χ1v) is 6.73. The Morgan fingerprint density at radius 1 is 1.25 bits per heavy atom. The predicted octanol–water partition coefficient (Wildman–Crippen LogP) is 3.86. The number of carbonyl (C=O) groups is 2. The summed E-state index contributed by atoms with van der Waals surface area (Å²) in [6, 6.07) is 3.73. The van der Waals surface area contributed by atoms with Crippen LogP contribution in [0.25, 0.3) is 10.9 Å². The minimum atomic E-state index is -0.963. The van der Waals surface area contributed by atoms with Crippen molar-refractivity contribution >= 4 is 23.2 Å². The molecule has 0 saturated carbocycles. The smallest absolute Gasteiger partial charge is 0.337 e. The monoisotopic (exact) mass is 273 g/mol. The molecule has 1 aromatic carbocycles. The number of aromatic nitrogens is 1.